The number of halogens is 2. The van der Waals surface area contributed by atoms with E-state index < -0.39 is 0 Å². The number of nitrogens with zero attached hydrogens (tertiary/aromatic N) is 2. The maximum Gasteiger partial charge on any atom is 0.123 e. The van der Waals surface area contributed by atoms with Crippen LogP contribution in [0.5, 0.6) is 0 Å². The first-order valence-electron chi connectivity index (χ1n) is 6.45. The van der Waals surface area contributed by atoms with E-state index in [1.54, 1.807) is 16.8 Å². The molecule has 3 nitrogen and oxygen atoms in total. The summed E-state index contributed by atoms with van der Waals surface area (Å²) in [5.41, 5.74) is 8.48. The topological polar surface area (TPSA) is 43.8 Å². The van der Waals surface area contributed by atoms with E-state index in [1.807, 2.05) is 30.3 Å². The van der Waals surface area contributed by atoms with Gasteiger partial charge in [-0.3, -0.25) is 0 Å². The molecule has 2 N–H and O–H groups in total. The minimum atomic E-state index is -0.284. The Labute approximate surface area is 130 Å². The SMILES string of the molecule is Nc1cc(-c2cccc(F)c2)nn1Cc1ccc(Br)cc1. The minimum Gasteiger partial charge on any atom is -0.384 e. The first kappa shape index (κ1) is 13.8. The van der Waals surface area contributed by atoms with Gasteiger partial charge in [0.25, 0.3) is 0 Å². The van der Waals surface area contributed by atoms with E-state index in [9.17, 15) is 4.39 Å². The first-order chi connectivity index (χ1) is 10.1. The van der Waals surface area contributed by atoms with Crippen LogP contribution >= 0.6 is 15.9 Å². The van der Waals surface area contributed by atoms with Crippen molar-refractivity contribution in [2.24, 2.45) is 0 Å². The molecule has 5 heteroatoms. The molecule has 0 aliphatic rings. The van der Waals surface area contributed by atoms with Crippen LogP contribution in [0.3, 0.4) is 0 Å². The van der Waals surface area contributed by atoms with Crippen molar-refractivity contribution < 1.29 is 4.39 Å². The maximum atomic E-state index is 13.3. The van der Waals surface area contributed by atoms with Crippen molar-refractivity contribution in [2.75, 3.05) is 5.73 Å². The third-order valence-corrected chi connectivity index (χ3v) is 3.71. The molecular weight excluding hydrogens is 333 g/mol. The molecule has 0 saturated carbocycles. The van der Waals surface area contributed by atoms with Crippen LogP contribution in [0.25, 0.3) is 11.3 Å². The van der Waals surface area contributed by atoms with Gasteiger partial charge in [-0.2, -0.15) is 5.10 Å². The van der Waals surface area contributed by atoms with Gasteiger partial charge in [0.2, 0.25) is 0 Å². The minimum absolute atomic E-state index is 0.284. The summed E-state index contributed by atoms with van der Waals surface area (Å²) in [6.07, 6.45) is 0. The lowest BCUT2D eigenvalue weighted by Gasteiger charge is -2.04. The van der Waals surface area contributed by atoms with Gasteiger partial charge in [-0.15, -0.1) is 0 Å². The lowest BCUT2D eigenvalue weighted by Crippen LogP contribution is -2.05. The molecule has 3 rings (SSSR count). The van der Waals surface area contributed by atoms with Gasteiger partial charge in [0.1, 0.15) is 11.6 Å². The van der Waals surface area contributed by atoms with Crippen molar-refractivity contribution >= 4 is 21.7 Å². The highest BCUT2D eigenvalue weighted by Gasteiger charge is 2.08. The summed E-state index contributed by atoms with van der Waals surface area (Å²) in [4.78, 5) is 0. The summed E-state index contributed by atoms with van der Waals surface area (Å²) in [7, 11) is 0. The van der Waals surface area contributed by atoms with E-state index in [4.69, 9.17) is 5.73 Å². The standard InChI is InChI=1S/C16H13BrFN3/c17-13-6-4-11(5-7-13)10-21-16(19)9-15(20-21)12-2-1-3-14(18)8-12/h1-9H,10,19H2. The van der Waals surface area contributed by atoms with Crippen molar-refractivity contribution in [2.45, 2.75) is 6.54 Å². The van der Waals surface area contributed by atoms with Crippen LogP contribution in [-0.4, -0.2) is 9.78 Å². The first-order valence-corrected chi connectivity index (χ1v) is 7.25. The van der Waals surface area contributed by atoms with Gasteiger partial charge in [0, 0.05) is 16.1 Å². The number of nitrogens with two attached hydrogens (primary N) is 1. The van der Waals surface area contributed by atoms with Crippen molar-refractivity contribution in [3.8, 4) is 11.3 Å². The molecule has 21 heavy (non-hydrogen) atoms. The number of hydrogen-bond donors (Lipinski definition) is 1. The van der Waals surface area contributed by atoms with Crippen LogP contribution in [0, 0.1) is 5.82 Å². The molecule has 0 fully saturated rings. The smallest absolute Gasteiger partial charge is 0.123 e. The predicted octanol–water partition coefficient (Wildman–Crippen LogP) is 4.08. The Morgan fingerprint density at radius 2 is 1.86 bits per heavy atom. The van der Waals surface area contributed by atoms with Crippen LogP contribution in [0.1, 0.15) is 5.56 Å². The highest BCUT2D eigenvalue weighted by molar-refractivity contribution is 9.10. The van der Waals surface area contributed by atoms with Crippen LogP contribution in [0.4, 0.5) is 10.2 Å². The van der Waals surface area contributed by atoms with E-state index in [0.717, 1.165) is 15.6 Å². The van der Waals surface area contributed by atoms with E-state index in [-0.39, 0.29) is 5.82 Å². The van der Waals surface area contributed by atoms with Gasteiger partial charge in [0.15, 0.2) is 0 Å². The second kappa shape index (κ2) is 5.69. The van der Waals surface area contributed by atoms with Gasteiger partial charge in [-0.05, 0) is 29.8 Å². The Hall–Kier alpha value is -2.14. The summed E-state index contributed by atoms with van der Waals surface area (Å²) in [6.45, 7) is 0.578. The molecular formula is C16H13BrFN3. The van der Waals surface area contributed by atoms with Gasteiger partial charge < -0.3 is 5.73 Å². The maximum absolute atomic E-state index is 13.3. The van der Waals surface area contributed by atoms with E-state index >= 15 is 0 Å². The largest absolute Gasteiger partial charge is 0.384 e. The highest BCUT2D eigenvalue weighted by atomic mass is 79.9. The quantitative estimate of drug-likeness (QED) is 0.777. The van der Waals surface area contributed by atoms with Gasteiger partial charge in [0.05, 0.1) is 12.2 Å². The third kappa shape index (κ3) is 3.13. The molecule has 1 heterocycles. The molecule has 0 radical (unpaired) electrons. The zero-order valence-electron chi connectivity index (χ0n) is 11.1. The molecule has 2 aromatic carbocycles. The predicted molar refractivity (Wildman–Crippen MR) is 85.3 cm³/mol. The van der Waals surface area contributed by atoms with Crippen LogP contribution in [0.15, 0.2) is 59.1 Å². The fourth-order valence-corrected chi connectivity index (χ4v) is 2.37. The van der Waals surface area contributed by atoms with Crippen molar-refractivity contribution in [3.63, 3.8) is 0 Å². The molecule has 0 amide bonds. The average Bonchev–Trinajstić information content (AvgIpc) is 2.83. The fraction of sp³-hybridized carbons (Fsp3) is 0.0625. The van der Waals surface area contributed by atoms with Crippen molar-refractivity contribution in [1.29, 1.82) is 0 Å². The Balaban J connectivity index is 1.89. The molecule has 0 spiro atoms. The molecule has 0 atom stereocenters. The summed E-state index contributed by atoms with van der Waals surface area (Å²) in [6, 6.07) is 16.1. The summed E-state index contributed by atoms with van der Waals surface area (Å²) in [5.74, 6) is 0.269. The number of benzene rings is 2. The number of nitrogen functional groups attached to an aromatic ring is 1. The van der Waals surface area contributed by atoms with Gasteiger partial charge in [-0.25, -0.2) is 9.07 Å². The molecule has 0 aliphatic carbocycles. The van der Waals surface area contributed by atoms with E-state index in [0.29, 0.717) is 18.1 Å². The molecule has 3 aromatic rings. The monoisotopic (exact) mass is 345 g/mol. The Morgan fingerprint density at radius 1 is 1.10 bits per heavy atom. The van der Waals surface area contributed by atoms with Crippen molar-refractivity contribution in [1.82, 2.24) is 9.78 Å². The van der Waals surface area contributed by atoms with E-state index in [1.165, 1.54) is 12.1 Å². The Bertz CT molecular complexity index is 765. The van der Waals surface area contributed by atoms with Gasteiger partial charge in [-0.1, -0.05) is 40.2 Å². The highest BCUT2D eigenvalue weighted by Crippen LogP contribution is 2.22. The molecule has 0 aliphatic heterocycles. The van der Waals surface area contributed by atoms with Crippen molar-refractivity contribution in [3.05, 3.63) is 70.5 Å². The molecule has 106 valence electrons. The molecule has 0 saturated heterocycles. The zero-order valence-corrected chi connectivity index (χ0v) is 12.7. The van der Waals surface area contributed by atoms with Crippen LogP contribution in [-0.2, 0) is 6.54 Å². The number of aromatic nitrogens is 2. The third-order valence-electron chi connectivity index (χ3n) is 3.18. The van der Waals surface area contributed by atoms with Crippen LogP contribution < -0.4 is 5.73 Å². The summed E-state index contributed by atoms with van der Waals surface area (Å²) in [5, 5.41) is 4.45. The second-order valence-electron chi connectivity index (χ2n) is 4.75. The fourth-order valence-electron chi connectivity index (χ4n) is 2.11. The average molecular weight is 346 g/mol. The number of rotatable bonds is 3. The van der Waals surface area contributed by atoms with Crippen LogP contribution in [0.2, 0.25) is 0 Å². The Kier molecular flexibility index (Phi) is 3.75. The zero-order chi connectivity index (χ0) is 14.8. The number of hydrogen-bond acceptors (Lipinski definition) is 2. The summed E-state index contributed by atoms with van der Waals surface area (Å²) >= 11 is 3.40. The lowest BCUT2D eigenvalue weighted by molar-refractivity contribution is 0.628. The van der Waals surface area contributed by atoms with Gasteiger partial charge >= 0.3 is 0 Å². The molecule has 0 bridgehead atoms. The molecule has 1 aromatic heterocycles. The molecule has 0 unspecified atom stereocenters. The Morgan fingerprint density at radius 3 is 2.57 bits per heavy atom. The lowest BCUT2D eigenvalue weighted by atomic mass is 10.1. The number of anilines is 1. The van der Waals surface area contributed by atoms with E-state index in [2.05, 4.69) is 21.0 Å². The second-order valence-corrected chi connectivity index (χ2v) is 5.66. The normalized spacial score (nSPS) is 10.8. The summed E-state index contributed by atoms with van der Waals surface area (Å²) < 4.78 is 16.0.